The molecule has 1 N–H and O–H groups in total. The molecular weight excluding hydrogens is 345 g/mol. The van der Waals surface area contributed by atoms with Crippen LogP contribution in [0.25, 0.3) is 0 Å². The summed E-state index contributed by atoms with van der Waals surface area (Å²) >= 11 is 3.34. The Morgan fingerprint density at radius 3 is 1.95 bits per heavy atom. The van der Waals surface area contributed by atoms with Gasteiger partial charge in [-0.15, -0.1) is 0 Å². The first-order chi connectivity index (χ1) is 9.70. The molecule has 5 heteroatoms. The zero-order chi connectivity index (χ0) is 15.8. The lowest BCUT2D eigenvalue weighted by atomic mass is 9.93. The summed E-state index contributed by atoms with van der Waals surface area (Å²) in [5.74, 6) is 0. The highest BCUT2D eigenvalue weighted by Crippen LogP contribution is 2.34. The van der Waals surface area contributed by atoms with Gasteiger partial charge in [-0.05, 0) is 60.4 Å². The quantitative estimate of drug-likeness (QED) is 0.785. The molecule has 0 bridgehead atoms. The molecule has 1 nitrogen and oxygen atoms in total. The van der Waals surface area contributed by atoms with Gasteiger partial charge in [0.25, 0.3) is 0 Å². The second-order valence-electron chi connectivity index (χ2n) is 4.97. The Morgan fingerprint density at radius 1 is 0.952 bits per heavy atom. The first kappa shape index (κ1) is 16.0. The minimum Gasteiger partial charge on any atom is -0.384 e. The van der Waals surface area contributed by atoms with Crippen LogP contribution in [0.5, 0.6) is 0 Å². The smallest absolute Gasteiger partial charge is 0.384 e. The summed E-state index contributed by atoms with van der Waals surface area (Å²) in [6.07, 6.45) is -5.32. The predicted octanol–water partition coefficient (Wildman–Crippen LogP) is 5.17. The van der Waals surface area contributed by atoms with Crippen LogP contribution in [0, 0.1) is 13.8 Å². The largest absolute Gasteiger partial charge is 0.416 e. The molecule has 112 valence electrons. The Kier molecular flexibility index (Phi) is 4.44. The second kappa shape index (κ2) is 5.81. The summed E-state index contributed by atoms with van der Waals surface area (Å²) in [6.45, 7) is 3.42. The third-order valence-corrected chi connectivity index (χ3v) is 3.91. The lowest BCUT2D eigenvalue weighted by Gasteiger charge is -2.18. The van der Waals surface area contributed by atoms with Crippen molar-refractivity contribution >= 4 is 15.9 Å². The fourth-order valence-electron chi connectivity index (χ4n) is 2.27. The van der Waals surface area contributed by atoms with Gasteiger partial charge in [-0.1, -0.05) is 28.1 Å². The Bertz CT molecular complexity index is 665. The summed E-state index contributed by atoms with van der Waals surface area (Å²) in [4.78, 5) is 0. The molecule has 0 saturated heterocycles. The molecule has 2 aromatic rings. The maximum absolute atomic E-state index is 12.7. The van der Waals surface area contributed by atoms with E-state index in [1.807, 2.05) is 13.0 Å². The van der Waals surface area contributed by atoms with E-state index in [1.54, 1.807) is 19.1 Å². The van der Waals surface area contributed by atoms with E-state index in [-0.39, 0.29) is 0 Å². The fourth-order valence-corrected chi connectivity index (χ4v) is 2.75. The predicted molar refractivity (Wildman–Crippen MR) is 79.1 cm³/mol. The van der Waals surface area contributed by atoms with Gasteiger partial charge in [-0.25, -0.2) is 0 Å². The number of aryl methyl sites for hydroxylation is 2. The zero-order valence-electron chi connectivity index (χ0n) is 11.5. The Labute approximate surface area is 129 Å². The second-order valence-corrected chi connectivity index (χ2v) is 5.89. The molecular formula is C16H14BrF3O. The van der Waals surface area contributed by atoms with Crippen LogP contribution in [0.1, 0.15) is 33.9 Å². The highest BCUT2D eigenvalue weighted by molar-refractivity contribution is 9.10. The Hall–Kier alpha value is -1.33. The van der Waals surface area contributed by atoms with Crippen LogP contribution in [0.4, 0.5) is 13.2 Å². The van der Waals surface area contributed by atoms with Gasteiger partial charge in [0.05, 0.1) is 5.56 Å². The van der Waals surface area contributed by atoms with Gasteiger partial charge in [0.1, 0.15) is 6.10 Å². The standard InChI is InChI=1S/C16H14BrF3O/c1-9-7-11(16(18,19)20)3-5-13(9)15(21)14-6-4-12(17)8-10(14)2/h3-8,15,21H,1-2H3. The van der Waals surface area contributed by atoms with Crippen molar-refractivity contribution in [1.82, 2.24) is 0 Å². The number of halogens is 4. The lowest BCUT2D eigenvalue weighted by molar-refractivity contribution is -0.137. The Morgan fingerprint density at radius 2 is 1.48 bits per heavy atom. The number of aliphatic hydroxyl groups excluding tert-OH is 1. The molecule has 2 aromatic carbocycles. The van der Waals surface area contributed by atoms with E-state index >= 15 is 0 Å². The van der Waals surface area contributed by atoms with Crippen LogP contribution in [0.2, 0.25) is 0 Å². The average molecular weight is 359 g/mol. The molecule has 0 spiro atoms. The topological polar surface area (TPSA) is 20.2 Å². The van der Waals surface area contributed by atoms with E-state index < -0.39 is 17.8 Å². The first-order valence-corrected chi connectivity index (χ1v) is 7.11. The number of alkyl halides is 3. The van der Waals surface area contributed by atoms with Crippen molar-refractivity contribution in [2.45, 2.75) is 26.1 Å². The summed E-state index contributed by atoms with van der Waals surface area (Å²) < 4.78 is 38.9. The van der Waals surface area contributed by atoms with E-state index in [2.05, 4.69) is 15.9 Å². The molecule has 0 aromatic heterocycles. The maximum atomic E-state index is 12.7. The van der Waals surface area contributed by atoms with Gasteiger partial charge in [0.15, 0.2) is 0 Å². The third kappa shape index (κ3) is 3.47. The third-order valence-electron chi connectivity index (χ3n) is 3.42. The summed E-state index contributed by atoms with van der Waals surface area (Å²) in [5.41, 5.74) is 1.74. The molecule has 0 radical (unpaired) electrons. The van der Waals surface area contributed by atoms with Gasteiger partial charge in [-0.3, -0.25) is 0 Å². The highest BCUT2D eigenvalue weighted by Gasteiger charge is 2.31. The molecule has 1 atom stereocenters. The van der Waals surface area contributed by atoms with Crippen molar-refractivity contribution in [2.24, 2.45) is 0 Å². The number of hydrogen-bond acceptors (Lipinski definition) is 1. The average Bonchev–Trinajstić information content (AvgIpc) is 2.36. The number of aliphatic hydroxyl groups is 1. The molecule has 0 aliphatic carbocycles. The van der Waals surface area contributed by atoms with Crippen molar-refractivity contribution < 1.29 is 18.3 Å². The minimum absolute atomic E-state index is 0.416. The molecule has 21 heavy (non-hydrogen) atoms. The molecule has 0 fully saturated rings. The van der Waals surface area contributed by atoms with Gasteiger partial charge < -0.3 is 5.11 Å². The van der Waals surface area contributed by atoms with Crippen LogP contribution in [-0.2, 0) is 6.18 Å². The Balaban J connectivity index is 2.42. The van der Waals surface area contributed by atoms with Crippen molar-refractivity contribution in [1.29, 1.82) is 0 Å². The summed E-state index contributed by atoms with van der Waals surface area (Å²) in [5, 5.41) is 10.4. The van der Waals surface area contributed by atoms with E-state index in [0.717, 1.165) is 22.2 Å². The normalized spacial score (nSPS) is 13.3. The summed E-state index contributed by atoms with van der Waals surface area (Å²) in [6, 6.07) is 8.82. The minimum atomic E-state index is -4.37. The molecule has 0 aliphatic heterocycles. The van der Waals surface area contributed by atoms with Crippen molar-refractivity contribution in [2.75, 3.05) is 0 Å². The number of benzene rings is 2. The van der Waals surface area contributed by atoms with Crippen LogP contribution in [-0.4, -0.2) is 5.11 Å². The zero-order valence-corrected chi connectivity index (χ0v) is 13.1. The molecule has 1 unspecified atom stereocenters. The van der Waals surface area contributed by atoms with E-state index in [9.17, 15) is 18.3 Å². The molecule has 0 amide bonds. The molecule has 2 rings (SSSR count). The van der Waals surface area contributed by atoms with Gasteiger partial charge in [0.2, 0.25) is 0 Å². The number of hydrogen-bond donors (Lipinski definition) is 1. The molecule has 0 heterocycles. The first-order valence-electron chi connectivity index (χ1n) is 6.32. The fraction of sp³-hybridized carbons (Fsp3) is 0.250. The SMILES string of the molecule is Cc1cc(Br)ccc1C(O)c1ccc(C(F)(F)F)cc1C. The number of rotatable bonds is 2. The van der Waals surface area contributed by atoms with Gasteiger partial charge in [-0.2, -0.15) is 13.2 Å². The van der Waals surface area contributed by atoms with Crippen LogP contribution < -0.4 is 0 Å². The van der Waals surface area contributed by atoms with Crippen LogP contribution >= 0.6 is 15.9 Å². The van der Waals surface area contributed by atoms with Crippen molar-refractivity contribution in [3.05, 3.63) is 68.7 Å². The van der Waals surface area contributed by atoms with Crippen LogP contribution in [0.3, 0.4) is 0 Å². The van der Waals surface area contributed by atoms with Crippen molar-refractivity contribution in [3.8, 4) is 0 Å². The highest BCUT2D eigenvalue weighted by atomic mass is 79.9. The molecule has 0 aliphatic rings. The van der Waals surface area contributed by atoms with Crippen LogP contribution in [0.15, 0.2) is 40.9 Å². The van der Waals surface area contributed by atoms with Crippen molar-refractivity contribution in [3.63, 3.8) is 0 Å². The van der Waals surface area contributed by atoms with E-state index in [0.29, 0.717) is 16.7 Å². The van der Waals surface area contributed by atoms with Gasteiger partial charge in [0, 0.05) is 4.47 Å². The monoisotopic (exact) mass is 358 g/mol. The van der Waals surface area contributed by atoms with E-state index in [4.69, 9.17) is 0 Å². The maximum Gasteiger partial charge on any atom is 0.416 e. The van der Waals surface area contributed by atoms with Gasteiger partial charge >= 0.3 is 6.18 Å². The summed E-state index contributed by atoms with van der Waals surface area (Å²) in [7, 11) is 0. The lowest BCUT2D eigenvalue weighted by Crippen LogP contribution is -2.08. The molecule has 0 saturated carbocycles. The van der Waals surface area contributed by atoms with E-state index in [1.165, 1.54) is 6.07 Å².